The van der Waals surface area contributed by atoms with Crippen LogP contribution >= 0.6 is 0 Å². The average Bonchev–Trinajstić information content (AvgIpc) is 3.50. The number of hydrogen-bond acceptors (Lipinski definition) is 5. The molecule has 0 aromatic carbocycles. The van der Waals surface area contributed by atoms with Crippen molar-refractivity contribution in [2.75, 3.05) is 0 Å². The van der Waals surface area contributed by atoms with E-state index in [0.29, 0.717) is 0 Å². The normalized spacial score (nSPS) is 11.5. The molecule has 0 aliphatic carbocycles. The zero-order valence-electron chi connectivity index (χ0n) is 17.0. The topological polar surface area (TPSA) is 101 Å². The summed E-state index contributed by atoms with van der Waals surface area (Å²) in [5, 5.41) is 8.67. The van der Waals surface area contributed by atoms with Crippen LogP contribution < -0.4 is 0 Å². The molecule has 150 valence electrons. The van der Waals surface area contributed by atoms with E-state index in [1.165, 1.54) is 0 Å². The summed E-state index contributed by atoms with van der Waals surface area (Å²) in [6.07, 6.45) is 7.24. The number of pyridine rings is 3. The zero-order chi connectivity index (χ0) is 20.9. The van der Waals surface area contributed by atoms with Crippen LogP contribution in [0.5, 0.6) is 0 Å². The van der Waals surface area contributed by atoms with Crippen LogP contribution in [0.4, 0.5) is 0 Å². The van der Waals surface area contributed by atoms with Crippen molar-refractivity contribution in [3.63, 3.8) is 0 Å². The second-order valence-electron chi connectivity index (χ2n) is 7.45. The van der Waals surface area contributed by atoms with Gasteiger partial charge in [-0.05, 0) is 54.4 Å². The molecular formula is C23H18N8. The second-order valence-corrected chi connectivity index (χ2v) is 7.45. The summed E-state index contributed by atoms with van der Waals surface area (Å²) in [4.78, 5) is 21.3. The van der Waals surface area contributed by atoms with Crippen molar-refractivity contribution >= 4 is 22.1 Å². The van der Waals surface area contributed by atoms with Crippen LogP contribution in [0.15, 0.2) is 61.2 Å². The first-order valence-electron chi connectivity index (χ1n) is 9.91. The summed E-state index contributed by atoms with van der Waals surface area (Å²) < 4.78 is 2.03. The molecule has 6 aromatic heterocycles. The third-order valence-corrected chi connectivity index (χ3v) is 5.67. The van der Waals surface area contributed by atoms with Gasteiger partial charge in [-0.1, -0.05) is 0 Å². The van der Waals surface area contributed by atoms with Crippen LogP contribution in [0.2, 0.25) is 0 Å². The highest BCUT2D eigenvalue weighted by Gasteiger charge is 2.16. The number of nitrogens with one attached hydrogen (secondary N) is 2. The molecule has 0 aliphatic heterocycles. The lowest BCUT2D eigenvalue weighted by molar-refractivity contribution is 0.862. The van der Waals surface area contributed by atoms with Gasteiger partial charge in [0.15, 0.2) is 0 Å². The SMILES string of the molecule is Cc1ncc(-c2ccc3[nH]nc(-c4cc5c(-c6ccncc6)ccnc5[nH]4)c3n2)n1C. The molecule has 0 saturated heterocycles. The van der Waals surface area contributed by atoms with Crippen molar-refractivity contribution in [1.29, 1.82) is 0 Å². The van der Waals surface area contributed by atoms with E-state index in [2.05, 4.69) is 36.2 Å². The largest absolute Gasteiger partial charge is 0.338 e. The number of imidazole rings is 1. The van der Waals surface area contributed by atoms with Crippen molar-refractivity contribution in [1.82, 2.24) is 39.7 Å². The Hall–Kier alpha value is -4.33. The first kappa shape index (κ1) is 17.5. The molecule has 0 radical (unpaired) electrons. The van der Waals surface area contributed by atoms with Gasteiger partial charge in [-0.25, -0.2) is 15.0 Å². The quantitative estimate of drug-likeness (QED) is 0.457. The molecule has 0 aliphatic rings. The van der Waals surface area contributed by atoms with E-state index >= 15 is 0 Å². The summed E-state index contributed by atoms with van der Waals surface area (Å²) in [5.41, 5.74) is 8.09. The molecule has 6 rings (SSSR count). The Bertz CT molecular complexity index is 1560. The van der Waals surface area contributed by atoms with E-state index in [1.54, 1.807) is 12.4 Å². The van der Waals surface area contributed by atoms with Gasteiger partial charge in [0.25, 0.3) is 0 Å². The zero-order valence-corrected chi connectivity index (χ0v) is 17.0. The highest BCUT2D eigenvalue weighted by Crippen LogP contribution is 2.33. The third kappa shape index (κ3) is 2.72. The maximum absolute atomic E-state index is 4.90. The number of aromatic nitrogens is 8. The molecule has 6 heterocycles. The Morgan fingerprint density at radius 1 is 0.968 bits per heavy atom. The molecular weight excluding hydrogens is 388 g/mol. The van der Waals surface area contributed by atoms with Gasteiger partial charge in [0.05, 0.1) is 28.8 Å². The standard InChI is InChI=1S/C23H18N8/c1-13-26-12-20(31(13)2)17-3-4-18-21(27-17)22(30-29-18)19-11-16-15(7-10-25-23(16)28-19)14-5-8-24-9-6-14/h3-12H,1-2H3,(H,25,28)(H,29,30). The van der Waals surface area contributed by atoms with E-state index in [1.807, 2.05) is 61.3 Å². The van der Waals surface area contributed by atoms with Gasteiger partial charge < -0.3 is 9.55 Å². The van der Waals surface area contributed by atoms with Crippen LogP contribution in [0.3, 0.4) is 0 Å². The highest BCUT2D eigenvalue weighted by molar-refractivity contribution is 5.98. The summed E-state index contributed by atoms with van der Waals surface area (Å²) in [6, 6.07) is 12.1. The predicted octanol–water partition coefficient (Wildman–Crippen LogP) is 4.27. The molecule has 0 saturated carbocycles. The van der Waals surface area contributed by atoms with Crippen LogP contribution in [0.25, 0.3) is 56.0 Å². The number of rotatable bonds is 3. The average molecular weight is 406 g/mol. The Balaban J connectivity index is 1.52. The second kappa shape index (κ2) is 6.60. The smallest absolute Gasteiger partial charge is 0.138 e. The fraction of sp³-hybridized carbons (Fsp3) is 0.0870. The van der Waals surface area contributed by atoms with Gasteiger partial charge in [0.2, 0.25) is 0 Å². The summed E-state index contributed by atoms with van der Waals surface area (Å²) >= 11 is 0. The fourth-order valence-corrected chi connectivity index (χ4v) is 3.91. The molecule has 0 bridgehead atoms. The molecule has 0 amide bonds. The summed E-state index contributed by atoms with van der Waals surface area (Å²) in [6.45, 7) is 1.98. The maximum atomic E-state index is 4.90. The van der Waals surface area contributed by atoms with E-state index in [9.17, 15) is 0 Å². The Labute approximate surface area is 177 Å². The number of fused-ring (bicyclic) bond motifs is 2. The van der Waals surface area contributed by atoms with Crippen LogP contribution in [0.1, 0.15) is 5.82 Å². The van der Waals surface area contributed by atoms with E-state index in [4.69, 9.17) is 4.98 Å². The summed E-state index contributed by atoms with van der Waals surface area (Å²) in [7, 11) is 1.99. The van der Waals surface area contributed by atoms with E-state index in [-0.39, 0.29) is 0 Å². The molecule has 0 spiro atoms. The van der Waals surface area contributed by atoms with Crippen molar-refractivity contribution in [2.45, 2.75) is 6.92 Å². The number of nitrogens with zero attached hydrogens (tertiary/aromatic N) is 6. The first-order valence-corrected chi connectivity index (χ1v) is 9.91. The Morgan fingerprint density at radius 3 is 2.65 bits per heavy atom. The summed E-state index contributed by atoms with van der Waals surface area (Å²) in [5.74, 6) is 0.939. The fourth-order valence-electron chi connectivity index (χ4n) is 3.91. The monoisotopic (exact) mass is 406 g/mol. The van der Waals surface area contributed by atoms with Gasteiger partial charge in [-0.15, -0.1) is 0 Å². The lowest BCUT2D eigenvalue weighted by Crippen LogP contribution is -1.96. The van der Waals surface area contributed by atoms with Crippen molar-refractivity contribution < 1.29 is 0 Å². The highest BCUT2D eigenvalue weighted by atomic mass is 15.1. The first-order chi connectivity index (χ1) is 15.2. The number of H-pyrrole nitrogens is 2. The molecule has 6 aromatic rings. The number of hydrogen-bond donors (Lipinski definition) is 2. The van der Waals surface area contributed by atoms with Gasteiger partial charge in [0.1, 0.15) is 22.7 Å². The minimum Gasteiger partial charge on any atom is -0.338 e. The maximum Gasteiger partial charge on any atom is 0.138 e. The minimum absolute atomic E-state index is 0.759. The predicted molar refractivity (Wildman–Crippen MR) is 119 cm³/mol. The van der Waals surface area contributed by atoms with Crippen molar-refractivity contribution in [3.8, 4) is 33.9 Å². The number of aromatic amines is 2. The van der Waals surface area contributed by atoms with Crippen molar-refractivity contribution in [2.24, 2.45) is 7.05 Å². The number of aryl methyl sites for hydroxylation is 1. The van der Waals surface area contributed by atoms with Crippen LogP contribution in [-0.4, -0.2) is 39.7 Å². The molecule has 2 N–H and O–H groups in total. The van der Waals surface area contributed by atoms with Gasteiger partial charge in [-0.3, -0.25) is 10.1 Å². The Morgan fingerprint density at radius 2 is 1.84 bits per heavy atom. The molecule has 0 unspecified atom stereocenters. The van der Waals surface area contributed by atoms with Gasteiger partial charge in [-0.2, -0.15) is 5.10 Å². The van der Waals surface area contributed by atoms with E-state index in [0.717, 1.165) is 61.8 Å². The molecule has 31 heavy (non-hydrogen) atoms. The van der Waals surface area contributed by atoms with Crippen LogP contribution in [-0.2, 0) is 7.05 Å². The van der Waals surface area contributed by atoms with Gasteiger partial charge >= 0.3 is 0 Å². The van der Waals surface area contributed by atoms with Gasteiger partial charge in [0, 0.05) is 31.0 Å². The van der Waals surface area contributed by atoms with Crippen molar-refractivity contribution in [3.05, 3.63) is 67.0 Å². The molecule has 0 fully saturated rings. The minimum atomic E-state index is 0.759. The molecule has 8 heteroatoms. The molecule has 0 atom stereocenters. The Kier molecular flexibility index (Phi) is 3.73. The third-order valence-electron chi connectivity index (χ3n) is 5.67. The lowest BCUT2D eigenvalue weighted by Gasteiger charge is -2.03. The van der Waals surface area contributed by atoms with E-state index < -0.39 is 0 Å². The molecule has 8 nitrogen and oxygen atoms in total. The lowest BCUT2D eigenvalue weighted by atomic mass is 10.1. The van der Waals surface area contributed by atoms with Crippen LogP contribution in [0, 0.1) is 6.92 Å².